The Bertz CT molecular complexity index is 901. The van der Waals surface area contributed by atoms with Gasteiger partial charge in [0.15, 0.2) is 0 Å². The van der Waals surface area contributed by atoms with Crippen LogP contribution in [0.5, 0.6) is 0 Å². The summed E-state index contributed by atoms with van der Waals surface area (Å²) in [6, 6.07) is 9.27. The molecule has 25 heavy (non-hydrogen) atoms. The Kier molecular flexibility index (Phi) is 6.31. The second-order valence-electron chi connectivity index (χ2n) is 5.55. The fraction of sp³-hybridized carbons (Fsp3) is 0.235. The molecule has 0 saturated carbocycles. The van der Waals surface area contributed by atoms with Crippen LogP contribution in [0, 0.1) is 19.7 Å². The van der Waals surface area contributed by atoms with Crippen LogP contribution >= 0.6 is 15.9 Å². The molecule has 0 fully saturated rings. The van der Waals surface area contributed by atoms with Gasteiger partial charge in [0.2, 0.25) is 10.0 Å². The number of amides is 1. The fourth-order valence-electron chi connectivity index (χ4n) is 2.20. The molecule has 2 aromatic rings. The third-order valence-corrected chi connectivity index (χ3v) is 5.61. The molecule has 0 heterocycles. The van der Waals surface area contributed by atoms with Crippen LogP contribution in [-0.4, -0.2) is 27.4 Å². The number of benzene rings is 2. The van der Waals surface area contributed by atoms with Gasteiger partial charge >= 0.3 is 0 Å². The lowest BCUT2D eigenvalue weighted by atomic mass is 10.2. The molecule has 0 aliphatic rings. The number of sulfonamides is 1. The summed E-state index contributed by atoms with van der Waals surface area (Å²) in [7, 11) is -3.67. The minimum Gasteiger partial charge on any atom is -0.351 e. The molecule has 2 aromatic carbocycles. The van der Waals surface area contributed by atoms with E-state index in [0.29, 0.717) is 10.0 Å². The van der Waals surface area contributed by atoms with Crippen LogP contribution in [0.1, 0.15) is 21.5 Å². The molecule has 0 atom stereocenters. The van der Waals surface area contributed by atoms with E-state index >= 15 is 0 Å². The van der Waals surface area contributed by atoms with Crippen LogP contribution in [0.15, 0.2) is 45.8 Å². The van der Waals surface area contributed by atoms with Gasteiger partial charge in [-0.05, 0) is 49.2 Å². The number of aryl methyl sites for hydroxylation is 2. The molecule has 0 aliphatic carbocycles. The van der Waals surface area contributed by atoms with Gasteiger partial charge in [-0.2, -0.15) is 0 Å². The highest BCUT2D eigenvalue weighted by Gasteiger charge is 2.17. The van der Waals surface area contributed by atoms with E-state index in [1.54, 1.807) is 25.1 Å². The molecule has 5 nitrogen and oxygen atoms in total. The third-order valence-electron chi connectivity index (χ3n) is 3.51. The Morgan fingerprint density at radius 2 is 1.84 bits per heavy atom. The Morgan fingerprint density at radius 3 is 2.52 bits per heavy atom. The summed E-state index contributed by atoms with van der Waals surface area (Å²) in [5.41, 5.74) is 1.38. The number of hydrogen-bond acceptors (Lipinski definition) is 3. The normalized spacial score (nSPS) is 11.4. The van der Waals surface area contributed by atoms with Gasteiger partial charge in [-0.25, -0.2) is 17.5 Å². The molecule has 0 saturated heterocycles. The maximum Gasteiger partial charge on any atom is 0.254 e. The second-order valence-corrected chi connectivity index (χ2v) is 8.20. The highest BCUT2D eigenvalue weighted by molar-refractivity contribution is 9.10. The largest absolute Gasteiger partial charge is 0.351 e. The maximum absolute atomic E-state index is 13.7. The third kappa shape index (κ3) is 5.10. The minimum atomic E-state index is -3.67. The first kappa shape index (κ1) is 19.6. The molecule has 2 rings (SSSR count). The highest BCUT2D eigenvalue weighted by Crippen LogP contribution is 2.16. The standard InChI is InChI=1S/C17H18BrFN2O3S/c1-11-3-4-12(2)16(9-11)25(23,24)21-8-7-20-17(22)14-6-5-13(18)10-15(14)19/h3-6,9-10,21H,7-8H2,1-2H3,(H,20,22). The van der Waals surface area contributed by atoms with Crippen molar-refractivity contribution in [2.75, 3.05) is 13.1 Å². The van der Waals surface area contributed by atoms with Gasteiger partial charge < -0.3 is 5.32 Å². The van der Waals surface area contributed by atoms with Crippen LogP contribution in [0.2, 0.25) is 0 Å². The Morgan fingerprint density at radius 1 is 1.12 bits per heavy atom. The second kappa shape index (κ2) is 8.07. The average molecular weight is 429 g/mol. The summed E-state index contributed by atoms with van der Waals surface area (Å²) in [6.45, 7) is 3.57. The quantitative estimate of drug-likeness (QED) is 0.694. The van der Waals surface area contributed by atoms with Gasteiger partial charge in [0.1, 0.15) is 5.82 Å². The van der Waals surface area contributed by atoms with Gasteiger partial charge in [0, 0.05) is 17.6 Å². The SMILES string of the molecule is Cc1ccc(C)c(S(=O)(=O)NCCNC(=O)c2ccc(Br)cc2F)c1. The molecule has 8 heteroatoms. The summed E-state index contributed by atoms with van der Waals surface area (Å²) in [6.07, 6.45) is 0. The van der Waals surface area contributed by atoms with E-state index in [9.17, 15) is 17.6 Å². The monoisotopic (exact) mass is 428 g/mol. The van der Waals surface area contributed by atoms with E-state index in [0.717, 1.165) is 5.56 Å². The van der Waals surface area contributed by atoms with Crippen LogP contribution in [0.4, 0.5) is 4.39 Å². The number of rotatable bonds is 6. The van der Waals surface area contributed by atoms with Crippen molar-refractivity contribution in [3.05, 3.63) is 63.4 Å². The maximum atomic E-state index is 13.7. The summed E-state index contributed by atoms with van der Waals surface area (Å²) in [4.78, 5) is 12.1. The molecule has 0 radical (unpaired) electrons. The lowest BCUT2D eigenvalue weighted by Gasteiger charge is -2.11. The minimum absolute atomic E-state index is 0.000395. The molecule has 2 N–H and O–H groups in total. The summed E-state index contributed by atoms with van der Waals surface area (Å²) >= 11 is 3.12. The zero-order chi connectivity index (χ0) is 18.6. The van der Waals surface area contributed by atoms with Crippen molar-refractivity contribution < 1.29 is 17.6 Å². The highest BCUT2D eigenvalue weighted by atomic mass is 79.9. The van der Waals surface area contributed by atoms with Crippen molar-refractivity contribution in [1.29, 1.82) is 0 Å². The summed E-state index contributed by atoms with van der Waals surface area (Å²) < 4.78 is 41.3. The van der Waals surface area contributed by atoms with Crippen molar-refractivity contribution in [2.45, 2.75) is 18.7 Å². The van der Waals surface area contributed by atoms with E-state index in [-0.39, 0.29) is 23.5 Å². The Hall–Kier alpha value is -1.77. The number of hydrogen-bond donors (Lipinski definition) is 2. The van der Waals surface area contributed by atoms with Crippen LogP contribution in [0.25, 0.3) is 0 Å². The Balaban J connectivity index is 1.94. The summed E-state index contributed by atoms with van der Waals surface area (Å²) in [5, 5.41) is 2.49. The lowest BCUT2D eigenvalue weighted by Crippen LogP contribution is -2.35. The molecule has 134 valence electrons. The lowest BCUT2D eigenvalue weighted by molar-refractivity contribution is 0.0950. The van der Waals surface area contributed by atoms with Gasteiger partial charge in [-0.1, -0.05) is 28.1 Å². The smallest absolute Gasteiger partial charge is 0.254 e. The van der Waals surface area contributed by atoms with Gasteiger partial charge in [-0.3, -0.25) is 4.79 Å². The molecule has 0 bridgehead atoms. The van der Waals surface area contributed by atoms with E-state index in [1.165, 1.54) is 12.1 Å². The van der Waals surface area contributed by atoms with E-state index in [1.807, 2.05) is 13.0 Å². The average Bonchev–Trinajstić information content (AvgIpc) is 2.53. The van der Waals surface area contributed by atoms with Crippen molar-refractivity contribution >= 4 is 31.9 Å². The number of nitrogens with one attached hydrogen (secondary N) is 2. The molecule has 1 amide bonds. The fourth-order valence-corrected chi connectivity index (χ4v) is 3.90. The van der Waals surface area contributed by atoms with Gasteiger partial charge in [0.05, 0.1) is 10.5 Å². The van der Waals surface area contributed by atoms with Crippen LogP contribution in [0.3, 0.4) is 0 Å². The van der Waals surface area contributed by atoms with Crippen molar-refractivity contribution in [3.63, 3.8) is 0 Å². The zero-order valence-electron chi connectivity index (χ0n) is 13.8. The van der Waals surface area contributed by atoms with Crippen LogP contribution in [-0.2, 0) is 10.0 Å². The molecule has 0 aliphatic heterocycles. The van der Waals surface area contributed by atoms with E-state index in [4.69, 9.17) is 0 Å². The van der Waals surface area contributed by atoms with Crippen LogP contribution < -0.4 is 10.0 Å². The molecular formula is C17H18BrFN2O3S. The van der Waals surface area contributed by atoms with Gasteiger partial charge in [-0.15, -0.1) is 0 Å². The van der Waals surface area contributed by atoms with E-state index < -0.39 is 21.7 Å². The topological polar surface area (TPSA) is 75.3 Å². The number of carbonyl (C=O) groups is 1. The summed E-state index contributed by atoms with van der Waals surface area (Å²) in [5.74, 6) is -1.25. The van der Waals surface area contributed by atoms with E-state index in [2.05, 4.69) is 26.0 Å². The molecule has 0 aromatic heterocycles. The predicted molar refractivity (Wildman–Crippen MR) is 97.5 cm³/mol. The zero-order valence-corrected chi connectivity index (χ0v) is 16.2. The van der Waals surface area contributed by atoms with Crippen molar-refractivity contribution in [1.82, 2.24) is 10.0 Å². The van der Waals surface area contributed by atoms with Gasteiger partial charge in [0.25, 0.3) is 5.91 Å². The van der Waals surface area contributed by atoms with Crippen molar-refractivity contribution in [3.8, 4) is 0 Å². The first-order valence-corrected chi connectivity index (χ1v) is 9.78. The first-order chi connectivity index (χ1) is 11.7. The molecular weight excluding hydrogens is 411 g/mol. The Labute approximate surface area is 154 Å². The number of halogens is 2. The molecule has 0 spiro atoms. The predicted octanol–water partition coefficient (Wildman–Crippen LogP) is 2.91. The molecule has 0 unspecified atom stereocenters. The van der Waals surface area contributed by atoms with Crippen molar-refractivity contribution in [2.24, 2.45) is 0 Å². The first-order valence-electron chi connectivity index (χ1n) is 7.51. The number of carbonyl (C=O) groups excluding carboxylic acids is 1.